The van der Waals surface area contributed by atoms with Crippen LogP contribution in [-0.4, -0.2) is 21.2 Å². The van der Waals surface area contributed by atoms with Crippen molar-refractivity contribution in [2.45, 2.75) is 12.3 Å². The smallest absolute Gasteiger partial charge is 0.228 e. The summed E-state index contributed by atoms with van der Waals surface area (Å²) in [7, 11) is 0. The lowest BCUT2D eigenvalue weighted by Crippen LogP contribution is -2.14. The van der Waals surface area contributed by atoms with Gasteiger partial charge < -0.3 is 10.4 Å². The Kier molecular flexibility index (Phi) is 3.86. The van der Waals surface area contributed by atoms with Gasteiger partial charge in [-0.2, -0.15) is 5.10 Å². The SMILES string of the molecule is O=C(Nc1cc(-c2cccc(O)c2)cc2[nH]ncc12)[C@@H]1C[C@H]1c1ccccc1. The second-order valence-electron chi connectivity index (χ2n) is 7.25. The molecule has 2 atom stereocenters. The van der Waals surface area contributed by atoms with Gasteiger partial charge in [-0.3, -0.25) is 9.89 Å². The Morgan fingerprint density at radius 3 is 2.71 bits per heavy atom. The number of aromatic hydroxyl groups is 1. The van der Waals surface area contributed by atoms with Crippen LogP contribution >= 0.6 is 0 Å². The lowest BCUT2D eigenvalue weighted by molar-refractivity contribution is -0.117. The van der Waals surface area contributed by atoms with Crippen molar-refractivity contribution in [2.24, 2.45) is 5.92 Å². The molecule has 5 rings (SSSR count). The molecule has 1 fully saturated rings. The fourth-order valence-corrected chi connectivity index (χ4v) is 3.79. The summed E-state index contributed by atoms with van der Waals surface area (Å²) < 4.78 is 0. The van der Waals surface area contributed by atoms with Gasteiger partial charge >= 0.3 is 0 Å². The van der Waals surface area contributed by atoms with Gasteiger partial charge in [-0.05, 0) is 53.3 Å². The molecule has 1 heterocycles. The first-order valence-electron chi connectivity index (χ1n) is 9.31. The molecule has 138 valence electrons. The summed E-state index contributed by atoms with van der Waals surface area (Å²) in [5, 5.41) is 20.8. The van der Waals surface area contributed by atoms with E-state index in [-0.39, 0.29) is 23.5 Å². The first kappa shape index (κ1) is 16.6. The van der Waals surface area contributed by atoms with Crippen molar-refractivity contribution in [2.75, 3.05) is 5.32 Å². The molecule has 5 nitrogen and oxygen atoms in total. The van der Waals surface area contributed by atoms with Crippen molar-refractivity contribution >= 4 is 22.5 Å². The minimum Gasteiger partial charge on any atom is -0.508 e. The highest BCUT2D eigenvalue weighted by Gasteiger charge is 2.43. The summed E-state index contributed by atoms with van der Waals surface area (Å²) in [5.74, 6) is 0.518. The van der Waals surface area contributed by atoms with Gasteiger partial charge in [-0.15, -0.1) is 0 Å². The first-order valence-corrected chi connectivity index (χ1v) is 9.31. The van der Waals surface area contributed by atoms with Gasteiger partial charge in [0.05, 0.1) is 17.4 Å². The fraction of sp³-hybridized carbons (Fsp3) is 0.130. The number of anilines is 1. The number of aromatic amines is 1. The summed E-state index contributed by atoms with van der Waals surface area (Å²) in [6.45, 7) is 0. The third kappa shape index (κ3) is 3.01. The van der Waals surface area contributed by atoms with Crippen molar-refractivity contribution in [3.63, 3.8) is 0 Å². The zero-order chi connectivity index (χ0) is 19.1. The molecule has 28 heavy (non-hydrogen) atoms. The number of nitrogens with one attached hydrogen (secondary N) is 2. The number of amides is 1. The maximum atomic E-state index is 12.8. The molecule has 0 saturated heterocycles. The van der Waals surface area contributed by atoms with E-state index in [1.807, 2.05) is 36.4 Å². The average Bonchev–Trinajstić information content (AvgIpc) is 3.38. The number of aromatic nitrogens is 2. The molecule has 5 heteroatoms. The number of fused-ring (bicyclic) bond motifs is 1. The molecule has 0 radical (unpaired) electrons. The van der Waals surface area contributed by atoms with E-state index in [0.717, 1.165) is 34.1 Å². The Morgan fingerprint density at radius 1 is 1.04 bits per heavy atom. The van der Waals surface area contributed by atoms with Crippen LogP contribution in [0.4, 0.5) is 5.69 Å². The van der Waals surface area contributed by atoms with Crippen molar-refractivity contribution in [3.05, 3.63) is 78.5 Å². The number of phenolic OH excluding ortho intramolecular Hbond substituents is 1. The molecule has 0 aliphatic heterocycles. The molecule has 1 amide bonds. The number of hydrogen-bond acceptors (Lipinski definition) is 3. The number of hydrogen-bond donors (Lipinski definition) is 3. The van der Waals surface area contributed by atoms with E-state index in [1.54, 1.807) is 24.4 Å². The van der Waals surface area contributed by atoms with Crippen molar-refractivity contribution in [1.82, 2.24) is 10.2 Å². The normalized spacial score (nSPS) is 18.1. The molecule has 3 N–H and O–H groups in total. The van der Waals surface area contributed by atoms with Crippen LogP contribution in [0.2, 0.25) is 0 Å². The quantitative estimate of drug-likeness (QED) is 0.489. The van der Waals surface area contributed by atoms with E-state index in [4.69, 9.17) is 0 Å². The number of benzene rings is 3. The van der Waals surface area contributed by atoms with Crippen molar-refractivity contribution in [3.8, 4) is 16.9 Å². The summed E-state index contributed by atoms with van der Waals surface area (Å²) in [6.07, 6.45) is 2.59. The largest absolute Gasteiger partial charge is 0.508 e. The number of phenols is 1. The molecular weight excluding hydrogens is 350 g/mol. The van der Waals surface area contributed by atoms with Crippen LogP contribution in [0.25, 0.3) is 22.0 Å². The zero-order valence-corrected chi connectivity index (χ0v) is 15.1. The van der Waals surface area contributed by atoms with E-state index >= 15 is 0 Å². The summed E-state index contributed by atoms with van der Waals surface area (Å²) >= 11 is 0. The van der Waals surface area contributed by atoms with Crippen LogP contribution in [0.3, 0.4) is 0 Å². The topological polar surface area (TPSA) is 78.0 Å². The molecular formula is C23H19N3O2. The highest BCUT2D eigenvalue weighted by molar-refractivity contribution is 6.04. The van der Waals surface area contributed by atoms with E-state index in [2.05, 4.69) is 27.6 Å². The van der Waals surface area contributed by atoms with Crippen LogP contribution in [0.1, 0.15) is 17.9 Å². The number of carbonyl (C=O) groups is 1. The Morgan fingerprint density at radius 2 is 1.89 bits per heavy atom. The molecule has 0 unspecified atom stereocenters. The number of rotatable bonds is 4. The minimum atomic E-state index is -0.00576. The highest BCUT2D eigenvalue weighted by Crippen LogP contribution is 2.48. The molecule has 0 spiro atoms. The number of carbonyl (C=O) groups excluding carboxylic acids is 1. The number of H-pyrrole nitrogens is 1. The Bertz CT molecular complexity index is 1170. The van der Waals surface area contributed by atoms with Crippen LogP contribution in [0.15, 0.2) is 72.9 Å². The first-order chi connectivity index (χ1) is 13.7. The standard InChI is InChI=1S/C23H19N3O2/c27-17-8-4-7-15(9-17)16-10-21(20-13-24-26-22(20)11-16)25-23(28)19-12-18(19)14-5-2-1-3-6-14/h1-11,13,18-19,27H,12H2,(H,24,26)(H,25,28)/t18-,19+/m0/s1. The van der Waals surface area contributed by atoms with Crippen LogP contribution in [-0.2, 0) is 4.79 Å². The fourth-order valence-electron chi connectivity index (χ4n) is 3.79. The zero-order valence-electron chi connectivity index (χ0n) is 15.1. The predicted octanol–water partition coefficient (Wildman–Crippen LogP) is 4.68. The van der Waals surface area contributed by atoms with Crippen LogP contribution in [0.5, 0.6) is 5.75 Å². The Labute approximate surface area is 162 Å². The van der Waals surface area contributed by atoms with Gasteiger partial charge in [0, 0.05) is 11.3 Å². The molecule has 1 aromatic heterocycles. The summed E-state index contributed by atoms with van der Waals surface area (Å²) in [6, 6.07) is 21.1. The third-order valence-electron chi connectivity index (χ3n) is 5.35. The van der Waals surface area contributed by atoms with Crippen LogP contribution in [0, 0.1) is 5.92 Å². The molecule has 1 saturated carbocycles. The molecule has 1 aliphatic carbocycles. The van der Waals surface area contributed by atoms with Gasteiger partial charge in [0.2, 0.25) is 5.91 Å². The Hall–Kier alpha value is -3.60. The monoisotopic (exact) mass is 369 g/mol. The van der Waals surface area contributed by atoms with Crippen LogP contribution < -0.4 is 5.32 Å². The van der Waals surface area contributed by atoms with Crippen molar-refractivity contribution in [1.29, 1.82) is 0 Å². The highest BCUT2D eigenvalue weighted by atomic mass is 16.3. The van der Waals surface area contributed by atoms with Gasteiger partial charge in [-0.25, -0.2) is 0 Å². The summed E-state index contributed by atoms with van der Waals surface area (Å²) in [5.41, 5.74) is 4.56. The number of nitrogens with zero attached hydrogens (tertiary/aromatic N) is 1. The minimum absolute atomic E-state index is 0.00576. The van der Waals surface area contributed by atoms with Crippen molar-refractivity contribution < 1.29 is 9.90 Å². The predicted molar refractivity (Wildman–Crippen MR) is 109 cm³/mol. The van der Waals surface area contributed by atoms with E-state index < -0.39 is 0 Å². The molecule has 4 aromatic rings. The van der Waals surface area contributed by atoms with Gasteiger partial charge in [-0.1, -0.05) is 42.5 Å². The molecule has 0 bridgehead atoms. The molecule has 1 aliphatic rings. The Balaban J connectivity index is 1.44. The lowest BCUT2D eigenvalue weighted by atomic mass is 10.0. The van der Waals surface area contributed by atoms with E-state index in [1.165, 1.54) is 5.56 Å². The summed E-state index contributed by atoms with van der Waals surface area (Å²) in [4.78, 5) is 12.8. The molecule has 3 aromatic carbocycles. The third-order valence-corrected chi connectivity index (χ3v) is 5.35. The maximum Gasteiger partial charge on any atom is 0.228 e. The lowest BCUT2D eigenvalue weighted by Gasteiger charge is -2.10. The second-order valence-corrected chi connectivity index (χ2v) is 7.25. The van der Waals surface area contributed by atoms with Gasteiger partial charge in [0.1, 0.15) is 5.75 Å². The van der Waals surface area contributed by atoms with E-state index in [0.29, 0.717) is 0 Å². The maximum absolute atomic E-state index is 12.8. The second kappa shape index (κ2) is 6.53. The average molecular weight is 369 g/mol. The van der Waals surface area contributed by atoms with E-state index in [9.17, 15) is 9.90 Å². The van der Waals surface area contributed by atoms with Gasteiger partial charge in [0.15, 0.2) is 0 Å². The van der Waals surface area contributed by atoms with Gasteiger partial charge in [0.25, 0.3) is 0 Å².